The molecular formula is C11H24N4O2S. The number of hydrogen-bond acceptors (Lipinski definition) is 5. The number of sulfonamides is 1. The fourth-order valence-electron chi connectivity index (χ4n) is 1.52. The van der Waals surface area contributed by atoms with Crippen molar-refractivity contribution < 1.29 is 8.42 Å². The van der Waals surface area contributed by atoms with E-state index in [1.807, 2.05) is 0 Å². The second-order valence-electron chi connectivity index (χ2n) is 4.78. The molecule has 0 atom stereocenters. The lowest BCUT2D eigenvalue weighted by Gasteiger charge is -2.27. The lowest BCUT2D eigenvalue weighted by atomic mass is 10.2. The van der Waals surface area contributed by atoms with Crippen molar-refractivity contribution in [3.8, 4) is 0 Å². The third-order valence-corrected chi connectivity index (χ3v) is 4.56. The van der Waals surface area contributed by atoms with Crippen LogP contribution in [-0.4, -0.2) is 44.4 Å². The van der Waals surface area contributed by atoms with Gasteiger partial charge in [0, 0.05) is 6.54 Å². The van der Waals surface area contributed by atoms with Crippen LogP contribution in [0.4, 0.5) is 0 Å². The van der Waals surface area contributed by atoms with Gasteiger partial charge in [0.15, 0.2) is 0 Å². The second-order valence-corrected chi connectivity index (χ2v) is 7.02. The minimum Gasteiger partial charge on any atom is -0.343 e. The largest absolute Gasteiger partial charge is 0.343 e. The van der Waals surface area contributed by atoms with E-state index in [9.17, 15) is 8.42 Å². The number of aliphatic imine (C=N–C) groups is 1. The van der Waals surface area contributed by atoms with E-state index in [0.29, 0.717) is 19.3 Å². The van der Waals surface area contributed by atoms with Crippen LogP contribution in [-0.2, 0) is 10.0 Å². The van der Waals surface area contributed by atoms with Gasteiger partial charge in [-0.2, -0.15) is 0 Å². The molecule has 0 aromatic rings. The molecule has 0 aliphatic carbocycles. The molecule has 0 aromatic heterocycles. The summed E-state index contributed by atoms with van der Waals surface area (Å²) in [5.41, 5.74) is 0. The van der Waals surface area contributed by atoms with E-state index in [1.165, 1.54) is 12.8 Å². The fraction of sp³-hybridized carbons (Fsp3) is 0.909. The zero-order chi connectivity index (χ0) is 13.6. The summed E-state index contributed by atoms with van der Waals surface area (Å²) >= 11 is 0. The second kappa shape index (κ2) is 6.94. The highest BCUT2D eigenvalue weighted by Crippen LogP contribution is 2.01. The summed E-state index contributed by atoms with van der Waals surface area (Å²) in [6.07, 6.45) is 3.57. The molecule has 0 fully saturated rings. The molecular weight excluding hydrogens is 252 g/mol. The summed E-state index contributed by atoms with van der Waals surface area (Å²) in [5, 5.41) is 2.54. The number of nitrogens with zero attached hydrogens (tertiary/aromatic N) is 2. The highest BCUT2D eigenvalue weighted by Gasteiger charge is 2.20. The Morgan fingerprint density at radius 2 is 2.17 bits per heavy atom. The van der Waals surface area contributed by atoms with E-state index in [4.69, 9.17) is 0 Å². The van der Waals surface area contributed by atoms with Crippen LogP contribution in [0.5, 0.6) is 0 Å². The average molecular weight is 276 g/mol. The lowest BCUT2D eigenvalue weighted by Crippen LogP contribution is -2.51. The topological polar surface area (TPSA) is 73.8 Å². The van der Waals surface area contributed by atoms with Crippen LogP contribution in [0.2, 0.25) is 0 Å². The molecule has 0 spiro atoms. The third-order valence-electron chi connectivity index (χ3n) is 2.84. The maximum absolute atomic E-state index is 11.6. The Morgan fingerprint density at radius 3 is 2.67 bits per heavy atom. The molecule has 1 aliphatic rings. The van der Waals surface area contributed by atoms with Gasteiger partial charge in [-0.25, -0.2) is 13.4 Å². The predicted molar refractivity (Wildman–Crippen MR) is 73.7 cm³/mol. The van der Waals surface area contributed by atoms with Crippen LogP contribution >= 0.6 is 0 Å². The molecule has 0 radical (unpaired) electrons. The summed E-state index contributed by atoms with van der Waals surface area (Å²) in [4.78, 5) is 6.35. The molecule has 106 valence electrons. The number of guanidine groups is 1. The van der Waals surface area contributed by atoms with Gasteiger partial charge in [0.1, 0.15) is 0 Å². The molecule has 0 saturated heterocycles. The first-order valence-corrected chi connectivity index (χ1v) is 8.02. The summed E-state index contributed by atoms with van der Waals surface area (Å²) in [6, 6.07) is 0. The van der Waals surface area contributed by atoms with Crippen molar-refractivity contribution in [2.45, 2.75) is 45.3 Å². The van der Waals surface area contributed by atoms with E-state index >= 15 is 0 Å². The fourth-order valence-corrected chi connectivity index (χ4v) is 2.16. The van der Waals surface area contributed by atoms with Crippen LogP contribution in [0, 0.1) is 0 Å². The summed E-state index contributed by atoms with van der Waals surface area (Å²) in [5.74, 6) is 0.357. The van der Waals surface area contributed by atoms with Gasteiger partial charge in [-0.15, -0.1) is 0 Å². The Labute approximate surface area is 110 Å². The van der Waals surface area contributed by atoms with Crippen molar-refractivity contribution in [2.24, 2.45) is 4.99 Å². The Hall–Kier alpha value is -0.820. The van der Waals surface area contributed by atoms with Gasteiger partial charge >= 0.3 is 0 Å². The third kappa shape index (κ3) is 4.81. The van der Waals surface area contributed by atoms with Gasteiger partial charge in [0.05, 0.1) is 18.6 Å². The first kappa shape index (κ1) is 15.2. The molecule has 1 aliphatic heterocycles. The van der Waals surface area contributed by atoms with Crippen LogP contribution in [0.3, 0.4) is 0 Å². The van der Waals surface area contributed by atoms with Crippen molar-refractivity contribution in [3.05, 3.63) is 0 Å². The molecule has 0 amide bonds. The van der Waals surface area contributed by atoms with Crippen molar-refractivity contribution >= 4 is 16.0 Å². The van der Waals surface area contributed by atoms with Gasteiger partial charge in [0.2, 0.25) is 16.0 Å². The minimum atomic E-state index is -3.30. The molecule has 6 nitrogen and oxygen atoms in total. The van der Waals surface area contributed by atoms with E-state index in [1.54, 1.807) is 13.8 Å². The van der Waals surface area contributed by atoms with Gasteiger partial charge < -0.3 is 5.32 Å². The Kier molecular flexibility index (Phi) is 5.87. The van der Waals surface area contributed by atoms with Crippen molar-refractivity contribution in [1.29, 1.82) is 0 Å². The minimum absolute atomic E-state index is 0.357. The summed E-state index contributed by atoms with van der Waals surface area (Å²) < 4.78 is 25.8. The summed E-state index contributed by atoms with van der Waals surface area (Å²) in [6.45, 7) is 7.64. The molecule has 0 aromatic carbocycles. The van der Waals surface area contributed by atoms with Crippen LogP contribution < -0.4 is 10.0 Å². The predicted octanol–water partition coefficient (Wildman–Crippen LogP) is 0.681. The van der Waals surface area contributed by atoms with Gasteiger partial charge in [-0.05, 0) is 20.3 Å². The Bertz CT molecular complexity index is 379. The van der Waals surface area contributed by atoms with Crippen LogP contribution in [0.15, 0.2) is 4.99 Å². The first-order chi connectivity index (χ1) is 8.45. The molecule has 0 bridgehead atoms. The molecule has 1 rings (SSSR count). The number of nitrogens with one attached hydrogen (secondary N) is 2. The van der Waals surface area contributed by atoms with Gasteiger partial charge in [-0.3, -0.25) is 9.62 Å². The molecule has 0 saturated carbocycles. The number of unbranched alkanes of at least 4 members (excludes halogenated alkanes) is 2. The summed E-state index contributed by atoms with van der Waals surface area (Å²) in [7, 11) is -3.30. The molecule has 1 heterocycles. The monoisotopic (exact) mass is 276 g/mol. The van der Waals surface area contributed by atoms with Gasteiger partial charge in [-0.1, -0.05) is 19.8 Å². The Morgan fingerprint density at radius 1 is 1.44 bits per heavy atom. The van der Waals surface area contributed by atoms with Crippen molar-refractivity contribution in [1.82, 2.24) is 14.9 Å². The lowest BCUT2D eigenvalue weighted by molar-refractivity contribution is 0.258. The molecule has 0 unspecified atom stereocenters. The smallest absolute Gasteiger partial charge is 0.237 e. The van der Waals surface area contributed by atoms with Crippen molar-refractivity contribution in [3.63, 3.8) is 0 Å². The van der Waals surface area contributed by atoms with E-state index in [0.717, 1.165) is 13.0 Å². The maximum Gasteiger partial charge on any atom is 0.237 e. The molecule has 2 N–H and O–H groups in total. The van der Waals surface area contributed by atoms with E-state index < -0.39 is 15.3 Å². The normalized spacial score (nSPS) is 17.4. The average Bonchev–Trinajstić information content (AvgIpc) is 2.31. The Balaban J connectivity index is 2.40. The SMILES string of the molecule is CCCCCN1CN=C(NS(=O)(=O)C(C)C)NC1. The molecule has 7 heteroatoms. The molecule has 18 heavy (non-hydrogen) atoms. The number of hydrogen-bond donors (Lipinski definition) is 2. The van der Waals surface area contributed by atoms with E-state index in [2.05, 4.69) is 26.9 Å². The maximum atomic E-state index is 11.6. The van der Waals surface area contributed by atoms with Crippen molar-refractivity contribution in [2.75, 3.05) is 19.9 Å². The van der Waals surface area contributed by atoms with E-state index in [-0.39, 0.29) is 0 Å². The number of rotatable bonds is 6. The highest BCUT2D eigenvalue weighted by atomic mass is 32.2. The van der Waals surface area contributed by atoms with Crippen LogP contribution in [0.25, 0.3) is 0 Å². The standard InChI is InChI=1S/C11H24N4O2S/c1-4-5-6-7-15-8-12-11(13-9-15)14-18(16,17)10(2)3/h10H,4-9H2,1-3H3,(H2,12,13,14). The highest BCUT2D eigenvalue weighted by molar-refractivity contribution is 7.90. The zero-order valence-corrected chi connectivity index (χ0v) is 12.3. The quantitative estimate of drug-likeness (QED) is 0.700. The van der Waals surface area contributed by atoms with Gasteiger partial charge in [0.25, 0.3) is 0 Å². The zero-order valence-electron chi connectivity index (χ0n) is 11.4. The van der Waals surface area contributed by atoms with Crippen LogP contribution in [0.1, 0.15) is 40.0 Å². The first-order valence-electron chi connectivity index (χ1n) is 6.48.